The number of hydrogen-bond acceptors (Lipinski definition) is 5. The fraction of sp³-hybridized carbons (Fsp3) is 0.0833. The third-order valence-corrected chi connectivity index (χ3v) is 6.14. The van der Waals surface area contributed by atoms with Gasteiger partial charge in [-0.25, -0.2) is 9.37 Å². The van der Waals surface area contributed by atoms with Crippen molar-refractivity contribution in [3.63, 3.8) is 0 Å². The Balaban J connectivity index is 1.50. The predicted molar refractivity (Wildman–Crippen MR) is 129 cm³/mol. The maximum absolute atomic E-state index is 14.0. The molecular formula is C24H17Cl2FN2O3S. The molecule has 0 aliphatic carbocycles. The number of nitrogens with one attached hydrogen (secondary N) is 1. The molecule has 0 aliphatic heterocycles. The third-order valence-electron chi connectivity index (χ3n) is 4.66. The lowest BCUT2D eigenvalue weighted by atomic mass is 10.2. The van der Waals surface area contributed by atoms with Crippen LogP contribution in [0.2, 0.25) is 10.0 Å². The van der Waals surface area contributed by atoms with E-state index >= 15 is 0 Å². The van der Waals surface area contributed by atoms with Crippen molar-refractivity contribution < 1.29 is 18.7 Å². The first-order valence-corrected chi connectivity index (χ1v) is 11.3. The van der Waals surface area contributed by atoms with E-state index in [-0.39, 0.29) is 28.8 Å². The molecule has 5 nitrogen and oxygen atoms in total. The quantitative estimate of drug-likeness (QED) is 0.292. The van der Waals surface area contributed by atoms with Gasteiger partial charge in [0, 0.05) is 27.2 Å². The Labute approximate surface area is 203 Å². The van der Waals surface area contributed by atoms with Gasteiger partial charge in [0.1, 0.15) is 23.1 Å². The molecule has 0 saturated carbocycles. The molecule has 3 aromatic carbocycles. The average molecular weight is 503 g/mol. The molecule has 4 aromatic rings. The molecule has 1 amide bonds. The highest BCUT2D eigenvalue weighted by molar-refractivity contribution is 7.13. The van der Waals surface area contributed by atoms with Gasteiger partial charge in [-0.1, -0.05) is 35.3 Å². The number of anilines is 1. The number of hydrogen-bond donors (Lipinski definition) is 1. The largest absolute Gasteiger partial charge is 0.493 e. The van der Waals surface area contributed by atoms with E-state index in [9.17, 15) is 9.18 Å². The maximum atomic E-state index is 14.0. The molecular weight excluding hydrogens is 486 g/mol. The van der Waals surface area contributed by atoms with Gasteiger partial charge in [-0.05, 0) is 48.5 Å². The van der Waals surface area contributed by atoms with E-state index in [1.807, 2.05) is 0 Å². The van der Waals surface area contributed by atoms with Crippen LogP contribution in [0.4, 0.5) is 10.1 Å². The van der Waals surface area contributed by atoms with Crippen LogP contribution in [0.1, 0.15) is 16.1 Å². The molecule has 0 bridgehead atoms. The van der Waals surface area contributed by atoms with Gasteiger partial charge in [0.05, 0.1) is 12.1 Å². The zero-order chi connectivity index (χ0) is 23.4. The van der Waals surface area contributed by atoms with Crippen molar-refractivity contribution in [3.8, 4) is 22.1 Å². The summed E-state index contributed by atoms with van der Waals surface area (Å²) in [6.07, 6.45) is 0. The van der Waals surface area contributed by atoms with Crippen LogP contribution in [0.3, 0.4) is 0 Å². The van der Waals surface area contributed by atoms with E-state index in [1.54, 1.807) is 53.9 Å². The Hall–Kier alpha value is -3.13. The summed E-state index contributed by atoms with van der Waals surface area (Å²) in [5, 5.41) is 5.89. The highest BCUT2D eigenvalue weighted by Gasteiger charge is 2.15. The fourth-order valence-corrected chi connectivity index (χ4v) is 4.22. The lowest BCUT2D eigenvalue weighted by Crippen LogP contribution is -2.12. The van der Waals surface area contributed by atoms with Gasteiger partial charge in [-0.2, -0.15) is 0 Å². The number of amides is 1. The van der Waals surface area contributed by atoms with Gasteiger partial charge in [0.2, 0.25) is 0 Å². The number of halogens is 3. The molecule has 33 heavy (non-hydrogen) atoms. The molecule has 4 rings (SSSR count). The summed E-state index contributed by atoms with van der Waals surface area (Å²) in [4.78, 5) is 17.0. The van der Waals surface area contributed by atoms with Gasteiger partial charge < -0.3 is 14.8 Å². The maximum Gasteiger partial charge on any atom is 0.275 e. The highest BCUT2D eigenvalue weighted by Crippen LogP contribution is 2.35. The molecule has 1 heterocycles. The van der Waals surface area contributed by atoms with Crippen LogP contribution in [0.15, 0.2) is 66.0 Å². The number of benzene rings is 3. The predicted octanol–water partition coefficient (Wildman–Crippen LogP) is 7.10. The normalized spacial score (nSPS) is 10.7. The Kier molecular flexibility index (Phi) is 7.13. The minimum Gasteiger partial charge on any atom is -0.493 e. The van der Waals surface area contributed by atoms with Crippen LogP contribution in [0.5, 0.6) is 11.5 Å². The first kappa shape index (κ1) is 23.0. The molecule has 1 N–H and O–H groups in total. The van der Waals surface area contributed by atoms with Crippen molar-refractivity contribution in [2.45, 2.75) is 6.61 Å². The van der Waals surface area contributed by atoms with E-state index in [2.05, 4.69) is 10.3 Å². The molecule has 9 heteroatoms. The van der Waals surface area contributed by atoms with Crippen LogP contribution in [-0.4, -0.2) is 18.0 Å². The summed E-state index contributed by atoms with van der Waals surface area (Å²) in [6, 6.07) is 16.6. The molecule has 1 aromatic heterocycles. The summed E-state index contributed by atoms with van der Waals surface area (Å²) in [5.41, 5.74) is 1.87. The highest BCUT2D eigenvalue weighted by atomic mass is 35.5. The monoisotopic (exact) mass is 502 g/mol. The Morgan fingerprint density at radius 1 is 1.09 bits per heavy atom. The number of rotatable bonds is 7. The number of aromatic nitrogens is 1. The number of nitrogens with zero attached hydrogens (tertiary/aromatic N) is 1. The summed E-state index contributed by atoms with van der Waals surface area (Å²) < 4.78 is 25.2. The van der Waals surface area contributed by atoms with Gasteiger partial charge in [0.25, 0.3) is 5.91 Å². The van der Waals surface area contributed by atoms with Crippen LogP contribution in [0.25, 0.3) is 10.6 Å². The summed E-state index contributed by atoms with van der Waals surface area (Å²) >= 11 is 13.3. The van der Waals surface area contributed by atoms with Crippen LogP contribution >= 0.6 is 34.5 Å². The number of carbonyl (C=O) groups excluding carboxylic acids is 1. The summed E-state index contributed by atoms with van der Waals surface area (Å²) in [6.45, 7) is -0.0493. The van der Waals surface area contributed by atoms with Crippen molar-refractivity contribution in [3.05, 3.63) is 93.2 Å². The lowest BCUT2D eigenvalue weighted by Gasteiger charge is -2.13. The molecule has 0 radical (unpaired) electrons. The standard InChI is InChI=1S/C24H17Cl2FN2O3S/c1-31-22-10-14(8-9-21(22)32-12-17-18(26)6-3-7-19(17)27)24-29-20(13-33-24)23(30)28-16-5-2-4-15(25)11-16/h2-11,13H,12H2,1H3,(H,28,30). The van der Waals surface area contributed by atoms with E-state index in [4.69, 9.17) is 32.7 Å². The topological polar surface area (TPSA) is 60.5 Å². The van der Waals surface area contributed by atoms with E-state index in [1.165, 1.54) is 30.6 Å². The van der Waals surface area contributed by atoms with Gasteiger partial charge in [0.15, 0.2) is 11.5 Å². The van der Waals surface area contributed by atoms with Crippen molar-refractivity contribution in [2.75, 3.05) is 12.4 Å². The summed E-state index contributed by atoms with van der Waals surface area (Å²) in [5.74, 6) is 0.0917. The van der Waals surface area contributed by atoms with Crippen LogP contribution in [-0.2, 0) is 6.61 Å². The zero-order valence-corrected chi connectivity index (χ0v) is 19.6. The third kappa shape index (κ3) is 5.45. The van der Waals surface area contributed by atoms with E-state index in [0.717, 1.165) is 5.56 Å². The Bertz CT molecular complexity index is 1290. The first-order valence-electron chi connectivity index (χ1n) is 9.71. The molecule has 0 spiro atoms. The second-order valence-electron chi connectivity index (χ2n) is 6.86. The number of thiazole rings is 1. The lowest BCUT2D eigenvalue weighted by molar-refractivity contribution is 0.102. The number of ether oxygens (including phenoxy) is 2. The molecule has 0 unspecified atom stereocenters. The van der Waals surface area contributed by atoms with Crippen molar-refractivity contribution in [1.29, 1.82) is 0 Å². The zero-order valence-electron chi connectivity index (χ0n) is 17.3. The Morgan fingerprint density at radius 3 is 2.67 bits per heavy atom. The van der Waals surface area contributed by atoms with Gasteiger partial charge in [-0.3, -0.25) is 4.79 Å². The molecule has 0 fully saturated rings. The fourth-order valence-electron chi connectivity index (χ4n) is 3.01. The van der Waals surface area contributed by atoms with Crippen LogP contribution in [0, 0.1) is 5.82 Å². The minimum absolute atomic E-state index is 0.0493. The number of carbonyl (C=O) groups is 1. The first-order chi connectivity index (χ1) is 15.9. The number of methoxy groups -OCH3 is 1. The van der Waals surface area contributed by atoms with Gasteiger partial charge >= 0.3 is 0 Å². The molecule has 0 atom stereocenters. The van der Waals surface area contributed by atoms with E-state index < -0.39 is 5.82 Å². The molecule has 0 aliphatic rings. The second kappa shape index (κ2) is 10.2. The van der Waals surface area contributed by atoms with Crippen molar-refractivity contribution >= 4 is 46.1 Å². The summed E-state index contributed by atoms with van der Waals surface area (Å²) in [7, 11) is 1.51. The second-order valence-corrected chi connectivity index (χ2v) is 8.56. The van der Waals surface area contributed by atoms with Crippen molar-refractivity contribution in [2.24, 2.45) is 0 Å². The van der Waals surface area contributed by atoms with Crippen molar-refractivity contribution in [1.82, 2.24) is 4.98 Å². The van der Waals surface area contributed by atoms with Gasteiger partial charge in [-0.15, -0.1) is 11.3 Å². The SMILES string of the molecule is COc1cc(-c2nc(C(=O)Nc3cccc(Cl)c3)cs2)ccc1OCc1c(F)cccc1Cl. The van der Waals surface area contributed by atoms with E-state index in [0.29, 0.717) is 27.2 Å². The molecule has 168 valence electrons. The average Bonchev–Trinajstić information content (AvgIpc) is 3.29. The molecule has 0 saturated heterocycles. The smallest absolute Gasteiger partial charge is 0.275 e. The van der Waals surface area contributed by atoms with Crippen LogP contribution < -0.4 is 14.8 Å². The minimum atomic E-state index is -0.440. The Morgan fingerprint density at radius 2 is 1.91 bits per heavy atom.